The van der Waals surface area contributed by atoms with Gasteiger partial charge in [0, 0.05) is 13.1 Å². The van der Waals surface area contributed by atoms with E-state index in [0.29, 0.717) is 32.4 Å². The number of carbonyl (C=O) groups excluding carboxylic acids is 5. The van der Waals surface area contributed by atoms with Gasteiger partial charge >= 0.3 is 6.09 Å². The second kappa shape index (κ2) is 12.1. The molecule has 4 amide bonds. The predicted molar refractivity (Wildman–Crippen MR) is 137 cm³/mol. The number of carbonyl (C=O) groups is 5. The maximum atomic E-state index is 13.8. The van der Waals surface area contributed by atoms with E-state index < -0.39 is 58.7 Å². The monoisotopic (exact) mass is 510 g/mol. The number of hydrogen-bond donors (Lipinski definition) is 3. The highest BCUT2D eigenvalue weighted by atomic mass is 16.6. The minimum atomic E-state index is -0.979. The summed E-state index contributed by atoms with van der Waals surface area (Å²) in [6.45, 7) is 18.8. The van der Waals surface area contributed by atoms with Crippen molar-refractivity contribution in [2.45, 2.75) is 112 Å². The third-order valence-corrected chi connectivity index (χ3v) is 5.85. The second-order valence-corrected chi connectivity index (χ2v) is 12.4. The van der Waals surface area contributed by atoms with E-state index in [1.54, 1.807) is 27.7 Å². The first-order valence-electron chi connectivity index (χ1n) is 12.8. The summed E-state index contributed by atoms with van der Waals surface area (Å²) in [7, 11) is 0. The fourth-order valence-electron chi connectivity index (χ4n) is 4.21. The van der Waals surface area contributed by atoms with E-state index in [1.165, 1.54) is 4.90 Å². The molecule has 0 aromatic carbocycles. The van der Waals surface area contributed by atoms with Gasteiger partial charge in [0.2, 0.25) is 17.6 Å². The van der Waals surface area contributed by atoms with Gasteiger partial charge in [-0.2, -0.15) is 0 Å². The molecule has 3 N–H and O–H groups in total. The highest BCUT2D eigenvalue weighted by Crippen LogP contribution is 2.36. The molecule has 1 aliphatic heterocycles. The molecule has 0 saturated carbocycles. The van der Waals surface area contributed by atoms with E-state index in [1.807, 2.05) is 41.5 Å². The summed E-state index contributed by atoms with van der Waals surface area (Å²) < 4.78 is 5.36. The number of nitrogens with zero attached hydrogens (tertiary/aromatic N) is 1. The third kappa shape index (κ3) is 9.09. The number of ketones is 1. The molecule has 1 aliphatic rings. The normalized spacial score (nSPS) is 19.2. The number of likely N-dealkylation sites (N-methyl/N-ethyl adjacent to an activating group) is 1. The first kappa shape index (κ1) is 31.4. The van der Waals surface area contributed by atoms with Crippen LogP contribution in [0.3, 0.4) is 0 Å². The van der Waals surface area contributed by atoms with Crippen LogP contribution in [-0.4, -0.2) is 71.3 Å². The maximum absolute atomic E-state index is 13.8. The summed E-state index contributed by atoms with van der Waals surface area (Å²) in [6.07, 6.45) is 0.546. The molecule has 1 rings (SSSR count). The van der Waals surface area contributed by atoms with Crippen LogP contribution in [0.15, 0.2) is 0 Å². The first-order valence-corrected chi connectivity index (χ1v) is 12.8. The quantitative estimate of drug-likeness (QED) is 0.408. The van der Waals surface area contributed by atoms with Crippen LogP contribution in [0, 0.1) is 10.8 Å². The highest BCUT2D eigenvalue weighted by Gasteiger charge is 2.48. The van der Waals surface area contributed by atoms with Crippen LogP contribution < -0.4 is 16.0 Å². The molecule has 0 aliphatic carbocycles. The van der Waals surface area contributed by atoms with Crippen molar-refractivity contribution in [3.8, 4) is 0 Å². The van der Waals surface area contributed by atoms with Crippen LogP contribution in [0.4, 0.5) is 4.79 Å². The van der Waals surface area contributed by atoms with E-state index in [9.17, 15) is 24.0 Å². The number of ether oxygens (including phenoxy) is 1. The van der Waals surface area contributed by atoms with Gasteiger partial charge in [-0.25, -0.2) is 4.79 Å². The number of alkyl carbamates (subject to hydrolysis) is 1. The highest BCUT2D eigenvalue weighted by molar-refractivity contribution is 6.38. The van der Waals surface area contributed by atoms with E-state index >= 15 is 0 Å². The smallest absolute Gasteiger partial charge is 0.408 e. The Hall–Kier alpha value is -2.65. The number of rotatable bonds is 9. The Labute approximate surface area is 215 Å². The molecule has 3 atom stereocenters. The van der Waals surface area contributed by atoms with Crippen molar-refractivity contribution in [3.63, 3.8) is 0 Å². The number of nitrogens with one attached hydrogen (secondary N) is 3. The van der Waals surface area contributed by atoms with E-state index in [-0.39, 0.29) is 5.41 Å². The van der Waals surface area contributed by atoms with E-state index in [0.717, 1.165) is 0 Å². The molecule has 0 aromatic rings. The number of amides is 4. The van der Waals surface area contributed by atoms with Crippen molar-refractivity contribution in [1.29, 1.82) is 0 Å². The summed E-state index contributed by atoms with van der Waals surface area (Å²) in [5.74, 6) is -2.34. The molecule has 0 bridgehead atoms. The lowest BCUT2D eigenvalue weighted by molar-refractivity contribution is -0.144. The minimum absolute atomic E-state index is 0.301. The molecule has 0 aromatic heterocycles. The van der Waals surface area contributed by atoms with Crippen molar-refractivity contribution < 1.29 is 28.7 Å². The summed E-state index contributed by atoms with van der Waals surface area (Å²) in [5.41, 5.74) is -1.77. The Kier molecular flexibility index (Phi) is 10.5. The lowest BCUT2D eigenvalue weighted by Gasteiger charge is -2.36. The average Bonchev–Trinajstić information content (AvgIpc) is 3.04. The van der Waals surface area contributed by atoms with Gasteiger partial charge < -0.3 is 25.6 Å². The number of likely N-dealkylation sites (tertiary alicyclic amines) is 1. The SMILES string of the molecule is CCCC(NC(=O)[C@@H]1CC(C)(C)CN1C(=O)C(NC(=O)OC(C)(C)C)C(C)(C)C)C(=O)C(=O)NCC. The molecule has 36 heavy (non-hydrogen) atoms. The summed E-state index contributed by atoms with van der Waals surface area (Å²) in [5, 5.41) is 7.89. The summed E-state index contributed by atoms with van der Waals surface area (Å²) in [4.78, 5) is 65.9. The van der Waals surface area contributed by atoms with Gasteiger partial charge in [0.05, 0.1) is 6.04 Å². The van der Waals surface area contributed by atoms with Crippen LogP contribution in [0.5, 0.6) is 0 Å². The Morgan fingerprint density at radius 2 is 1.58 bits per heavy atom. The Morgan fingerprint density at radius 1 is 1.00 bits per heavy atom. The number of hydrogen-bond acceptors (Lipinski definition) is 6. The Morgan fingerprint density at radius 3 is 2.06 bits per heavy atom. The van der Waals surface area contributed by atoms with E-state index in [2.05, 4.69) is 16.0 Å². The molecule has 1 fully saturated rings. The van der Waals surface area contributed by atoms with Gasteiger partial charge in [-0.05, 0) is 51.4 Å². The fraction of sp³-hybridized carbons (Fsp3) is 0.808. The van der Waals surface area contributed by atoms with Gasteiger partial charge in [-0.15, -0.1) is 0 Å². The lowest BCUT2D eigenvalue weighted by atomic mass is 9.85. The molecular formula is C26H46N4O6. The van der Waals surface area contributed by atoms with Crippen LogP contribution in [0.2, 0.25) is 0 Å². The number of Topliss-reactive ketones (excluding diaryl/α,β-unsaturated/α-hetero) is 1. The molecule has 10 nitrogen and oxygen atoms in total. The van der Waals surface area contributed by atoms with Crippen molar-refractivity contribution >= 4 is 29.6 Å². The zero-order valence-electron chi connectivity index (χ0n) is 23.7. The van der Waals surface area contributed by atoms with Gasteiger partial charge in [0.15, 0.2) is 0 Å². The molecule has 206 valence electrons. The largest absolute Gasteiger partial charge is 0.444 e. The maximum Gasteiger partial charge on any atom is 0.408 e. The van der Waals surface area contributed by atoms with Gasteiger partial charge in [0.1, 0.15) is 17.7 Å². The Balaban J connectivity index is 3.21. The van der Waals surface area contributed by atoms with E-state index in [4.69, 9.17) is 4.74 Å². The molecular weight excluding hydrogens is 464 g/mol. The topological polar surface area (TPSA) is 134 Å². The lowest BCUT2D eigenvalue weighted by Crippen LogP contribution is -2.59. The average molecular weight is 511 g/mol. The zero-order valence-corrected chi connectivity index (χ0v) is 23.7. The fourth-order valence-corrected chi connectivity index (χ4v) is 4.21. The van der Waals surface area contributed by atoms with Gasteiger partial charge in [-0.3, -0.25) is 19.2 Å². The standard InChI is InChI=1S/C26H46N4O6/c1-11-13-16(18(31)21(33)27-12-2)28-20(32)17-14-26(9,10)15-30(17)22(34)19(24(3,4)5)29-23(35)36-25(6,7)8/h16-17,19H,11-15H2,1-10H3,(H,27,33)(H,28,32)(H,29,35)/t16?,17-,19?/m0/s1. The molecule has 1 saturated heterocycles. The minimum Gasteiger partial charge on any atom is -0.444 e. The van der Waals surface area contributed by atoms with Crippen molar-refractivity contribution in [1.82, 2.24) is 20.9 Å². The molecule has 0 radical (unpaired) electrons. The Bertz CT molecular complexity index is 840. The second-order valence-electron chi connectivity index (χ2n) is 12.4. The van der Waals surface area contributed by atoms with Gasteiger partial charge in [-0.1, -0.05) is 48.0 Å². The zero-order chi connectivity index (χ0) is 28.1. The van der Waals surface area contributed by atoms with Gasteiger partial charge in [0.25, 0.3) is 5.91 Å². The predicted octanol–water partition coefficient (Wildman–Crippen LogP) is 2.54. The molecule has 2 unspecified atom stereocenters. The molecule has 0 spiro atoms. The van der Waals surface area contributed by atoms with Crippen molar-refractivity contribution in [2.24, 2.45) is 10.8 Å². The summed E-state index contributed by atoms with van der Waals surface area (Å²) >= 11 is 0. The van der Waals surface area contributed by atoms with Crippen LogP contribution in [-0.2, 0) is 23.9 Å². The van der Waals surface area contributed by atoms with Crippen molar-refractivity contribution in [3.05, 3.63) is 0 Å². The summed E-state index contributed by atoms with van der Waals surface area (Å²) in [6, 6.07) is -2.77. The van der Waals surface area contributed by atoms with Crippen molar-refractivity contribution in [2.75, 3.05) is 13.1 Å². The van der Waals surface area contributed by atoms with Crippen LogP contribution in [0.1, 0.15) is 88.5 Å². The van der Waals surface area contributed by atoms with Crippen LogP contribution >= 0.6 is 0 Å². The molecule has 1 heterocycles. The third-order valence-electron chi connectivity index (χ3n) is 5.85. The molecule has 10 heteroatoms. The first-order chi connectivity index (χ1) is 16.3. The van der Waals surface area contributed by atoms with Crippen LogP contribution in [0.25, 0.3) is 0 Å².